The number of nitrogens with zero attached hydrogens (tertiary/aromatic N) is 3. The van der Waals surface area contributed by atoms with Crippen LogP contribution in [0.5, 0.6) is 0 Å². The quantitative estimate of drug-likeness (QED) is 0.703. The summed E-state index contributed by atoms with van der Waals surface area (Å²) in [4.78, 5) is 16.1. The molecule has 25 heavy (non-hydrogen) atoms. The molecule has 0 bridgehead atoms. The van der Waals surface area contributed by atoms with E-state index in [0.717, 1.165) is 0 Å². The van der Waals surface area contributed by atoms with Crippen LogP contribution in [0.4, 0.5) is 19.2 Å². The molecule has 0 unspecified atom stereocenters. The lowest BCUT2D eigenvalue weighted by molar-refractivity contribution is -0.0328. The topological polar surface area (TPSA) is 80.9 Å². The van der Waals surface area contributed by atoms with Crippen molar-refractivity contribution in [1.82, 2.24) is 15.2 Å². The van der Waals surface area contributed by atoms with E-state index in [1.807, 2.05) is 0 Å². The molecule has 3 aromatic rings. The minimum Gasteiger partial charge on any atom is -0.401 e. The Balaban J connectivity index is 1.67. The Kier molecular flexibility index (Phi) is 4.70. The van der Waals surface area contributed by atoms with Gasteiger partial charge in [-0.1, -0.05) is 11.2 Å². The van der Waals surface area contributed by atoms with Gasteiger partial charge in [0.1, 0.15) is 5.69 Å². The number of benzene rings is 1. The van der Waals surface area contributed by atoms with Crippen molar-refractivity contribution in [2.45, 2.75) is 10.4 Å². The molecular weight excluding hydrogens is 357 g/mol. The van der Waals surface area contributed by atoms with Gasteiger partial charge in [0.05, 0.1) is 0 Å². The van der Waals surface area contributed by atoms with Crippen molar-refractivity contribution in [3.63, 3.8) is 0 Å². The third-order valence-corrected chi connectivity index (χ3v) is 3.62. The fourth-order valence-electron chi connectivity index (χ4n) is 1.84. The van der Waals surface area contributed by atoms with Crippen LogP contribution in [-0.2, 0) is 0 Å². The smallest absolute Gasteiger partial charge is 0.401 e. The summed E-state index contributed by atoms with van der Waals surface area (Å²) in [6.45, 7) is 0. The van der Waals surface area contributed by atoms with E-state index in [-0.39, 0.29) is 34.1 Å². The molecule has 0 aliphatic rings. The normalized spacial score (nSPS) is 11.3. The summed E-state index contributed by atoms with van der Waals surface area (Å²) in [5, 5.41) is 9.83. The fraction of sp³-hybridized carbons (Fsp3) is 0.0667. The van der Waals surface area contributed by atoms with Gasteiger partial charge in [0.2, 0.25) is 0 Å². The predicted molar refractivity (Wildman–Crippen MR) is 83.8 cm³/mol. The van der Waals surface area contributed by atoms with Crippen LogP contribution < -0.4 is 5.32 Å². The van der Waals surface area contributed by atoms with Crippen LogP contribution in [0.25, 0.3) is 11.6 Å². The highest BCUT2D eigenvalue weighted by Crippen LogP contribution is 2.36. The largest absolute Gasteiger partial charge is 0.446 e. The molecule has 10 heteroatoms. The first-order valence-corrected chi connectivity index (χ1v) is 7.64. The lowest BCUT2D eigenvalue weighted by Crippen LogP contribution is -2.12. The number of rotatable bonds is 4. The fourth-order valence-corrected chi connectivity index (χ4v) is 2.38. The standard InChI is InChI=1S/C15H9F3N4O2S/c16-15(17,18)25-10-6-4-9(5-7-10)12(23)20-14-22-21-13(24-14)11-3-1-2-8-19-11/h1-8H,(H,20,22,23). The summed E-state index contributed by atoms with van der Waals surface area (Å²) in [6, 6.07) is 9.96. The molecular formula is C15H9F3N4O2S. The van der Waals surface area contributed by atoms with Gasteiger partial charge in [0, 0.05) is 16.7 Å². The van der Waals surface area contributed by atoms with Crippen LogP contribution in [0.1, 0.15) is 10.4 Å². The van der Waals surface area contributed by atoms with Gasteiger partial charge in [-0.3, -0.25) is 15.1 Å². The Morgan fingerprint density at radius 1 is 1.08 bits per heavy atom. The second kappa shape index (κ2) is 6.93. The summed E-state index contributed by atoms with van der Waals surface area (Å²) >= 11 is -0.253. The summed E-state index contributed by atoms with van der Waals surface area (Å²) in [5.41, 5.74) is -3.77. The molecule has 3 rings (SSSR count). The number of carbonyl (C=O) groups excluding carboxylic acids is 1. The molecule has 1 amide bonds. The number of halogens is 3. The van der Waals surface area contributed by atoms with E-state index in [1.165, 1.54) is 24.3 Å². The zero-order chi connectivity index (χ0) is 17.9. The molecule has 0 radical (unpaired) electrons. The molecule has 2 aromatic heterocycles. The first-order valence-electron chi connectivity index (χ1n) is 6.83. The number of amides is 1. The number of hydrogen-bond donors (Lipinski definition) is 1. The molecule has 0 atom stereocenters. The Morgan fingerprint density at radius 2 is 1.84 bits per heavy atom. The molecule has 0 aliphatic heterocycles. The van der Waals surface area contributed by atoms with Crippen molar-refractivity contribution in [3.05, 3.63) is 54.2 Å². The molecule has 0 spiro atoms. The number of nitrogens with one attached hydrogen (secondary N) is 1. The highest BCUT2D eigenvalue weighted by Gasteiger charge is 2.29. The first-order chi connectivity index (χ1) is 11.9. The van der Waals surface area contributed by atoms with Crippen molar-refractivity contribution in [1.29, 1.82) is 0 Å². The number of carbonyl (C=O) groups is 1. The number of hydrogen-bond acceptors (Lipinski definition) is 6. The van der Waals surface area contributed by atoms with Gasteiger partial charge >= 0.3 is 11.5 Å². The maximum atomic E-state index is 12.3. The minimum atomic E-state index is -4.38. The van der Waals surface area contributed by atoms with Crippen LogP contribution in [-0.4, -0.2) is 26.6 Å². The van der Waals surface area contributed by atoms with Crippen LogP contribution >= 0.6 is 11.8 Å². The molecule has 0 aliphatic carbocycles. The van der Waals surface area contributed by atoms with Gasteiger partial charge in [-0.25, -0.2) is 0 Å². The second-order valence-corrected chi connectivity index (χ2v) is 5.79. The molecule has 0 saturated carbocycles. The van der Waals surface area contributed by atoms with Crippen LogP contribution in [0.15, 0.2) is 58.0 Å². The van der Waals surface area contributed by atoms with Gasteiger partial charge in [-0.2, -0.15) is 13.2 Å². The van der Waals surface area contributed by atoms with Gasteiger partial charge in [-0.05, 0) is 48.2 Å². The Morgan fingerprint density at radius 3 is 2.48 bits per heavy atom. The van der Waals surface area contributed by atoms with Gasteiger partial charge in [0.25, 0.3) is 11.8 Å². The van der Waals surface area contributed by atoms with Crippen LogP contribution in [0.3, 0.4) is 0 Å². The molecule has 6 nitrogen and oxygen atoms in total. The molecule has 0 fully saturated rings. The highest BCUT2D eigenvalue weighted by molar-refractivity contribution is 8.00. The molecule has 128 valence electrons. The number of alkyl halides is 3. The van der Waals surface area contributed by atoms with E-state index in [4.69, 9.17) is 4.42 Å². The summed E-state index contributed by atoms with van der Waals surface area (Å²) in [5.74, 6) is -0.451. The summed E-state index contributed by atoms with van der Waals surface area (Å²) < 4.78 is 42.1. The third kappa shape index (κ3) is 4.57. The predicted octanol–water partition coefficient (Wildman–Crippen LogP) is 4.00. The molecule has 0 saturated heterocycles. The van der Waals surface area contributed by atoms with Crippen molar-refractivity contribution < 1.29 is 22.4 Å². The van der Waals surface area contributed by atoms with Crippen LogP contribution in [0.2, 0.25) is 0 Å². The van der Waals surface area contributed by atoms with E-state index in [1.54, 1.807) is 24.4 Å². The Labute approximate surface area is 143 Å². The van der Waals surface area contributed by atoms with E-state index >= 15 is 0 Å². The summed E-state index contributed by atoms with van der Waals surface area (Å²) in [7, 11) is 0. The van der Waals surface area contributed by atoms with Crippen molar-refractivity contribution in [2.75, 3.05) is 5.32 Å². The lowest BCUT2D eigenvalue weighted by atomic mass is 10.2. The second-order valence-electron chi connectivity index (χ2n) is 4.65. The molecule has 2 heterocycles. The summed E-state index contributed by atoms with van der Waals surface area (Å²) in [6.07, 6.45) is 1.55. The molecule has 1 aromatic carbocycles. The zero-order valence-electron chi connectivity index (χ0n) is 12.3. The number of anilines is 1. The van der Waals surface area contributed by atoms with Gasteiger partial charge < -0.3 is 4.42 Å². The molecule has 1 N–H and O–H groups in total. The monoisotopic (exact) mass is 366 g/mol. The third-order valence-electron chi connectivity index (χ3n) is 2.88. The van der Waals surface area contributed by atoms with Crippen molar-refractivity contribution in [2.24, 2.45) is 0 Å². The van der Waals surface area contributed by atoms with E-state index in [9.17, 15) is 18.0 Å². The number of thioether (sulfide) groups is 1. The minimum absolute atomic E-state index is 0.0146. The van der Waals surface area contributed by atoms with E-state index < -0.39 is 11.4 Å². The maximum absolute atomic E-state index is 12.3. The van der Waals surface area contributed by atoms with Crippen molar-refractivity contribution in [3.8, 4) is 11.6 Å². The van der Waals surface area contributed by atoms with Crippen molar-refractivity contribution >= 4 is 23.7 Å². The number of pyridine rings is 1. The van der Waals surface area contributed by atoms with Gasteiger partial charge in [-0.15, -0.1) is 5.10 Å². The first kappa shape index (κ1) is 17.0. The highest BCUT2D eigenvalue weighted by atomic mass is 32.2. The van der Waals surface area contributed by atoms with Crippen LogP contribution in [0, 0.1) is 0 Å². The average Bonchev–Trinajstić information content (AvgIpc) is 3.03. The number of aromatic nitrogens is 3. The zero-order valence-corrected chi connectivity index (χ0v) is 13.1. The van der Waals surface area contributed by atoms with E-state index in [0.29, 0.717) is 5.69 Å². The lowest BCUT2D eigenvalue weighted by Gasteiger charge is -2.06. The Bertz CT molecular complexity index is 866. The van der Waals surface area contributed by atoms with E-state index in [2.05, 4.69) is 20.5 Å². The maximum Gasteiger partial charge on any atom is 0.446 e. The van der Waals surface area contributed by atoms with Gasteiger partial charge in [0.15, 0.2) is 0 Å². The Hall–Kier alpha value is -2.88. The SMILES string of the molecule is O=C(Nc1nnc(-c2ccccn2)o1)c1ccc(SC(F)(F)F)cc1. The average molecular weight is 366 g/mol.